The Labute approximate surface area is 152 Å². The van der Waals surface area contributed by atoms with Gasteiger partial charge in [0, 0.05) is 0 Å². The van der Waals surface area contributed by atoms with Gasteiger partial charge in [0.1, 0.15) is 29.1 Å². The van der Waals surface area contributed by atoms with Crippen LogP contribution < -0.4 is 4.74 Å². The van der Waals surface area contributed by atoms with E-state index in [1.165, 1.54) is 0 Å². The van der Waals surface area contributed by atoms with Crippen LogP contribution in [0.15, 0.2) is 73.3 Å². The Kier molecular flexibility index (Phi) is 4.23. The molecule has 26 heavy (non-hydrogen) atoms. The van der Waals surface area contributed by atoms with Gasteiger partial charge in [-0.15, -0.1) is 15.0 Å². The highest BCUT2D eigenvalue weighted by molar-refractivity contribution is 5.73. The number of hydrogen-bond acceptors (Lipinski definition) is 3. The summed E-state index contributed by atoms with van der Waals surface area (Å²) in [7, 11) is 0. The van der Waals surface area contributed by atoms with E-state index in [0.29, 0.717) is 6.61 Å². The van der Waals surface area contributed by atoms with E-state index in [1.54, 1.807) is 4.80 Å². The summed E-state index contributed by atoms with van der Waals surface area (Å²) in [5.41, 5.74) is 5.88. The SMILES string of the molecule is C=Cc1ccc(COc2ccc(C)cc2-n2nc3ccccc3n2)cc1. The number of hydrogen-bond donors (Lipinski definition) is 0. The Morgan fingerprint density at radius 2 is 1.65 bits per heavy atom. The van der Waals surface area contributed by atoms with Gasteiger partial charge in [-0.1, -0.05) is 55.1 Å². The van der Waals surface area contributed by atoms with Crippen LogP contribution >= 0.6 is 0 Å². The van der Waals surface area contributed by atoms with Crippen LogP contribution in [0.4, 0.5) is 0 Å². The molecule has 0 bridgehead atoms. The predicted molar refractivity (Wildman–Crippen MR) is 104 cm³/mol. The second kappa shape index (κ2) is 6.84. The first-order valence-corrected chi connectivity index (χ1v) is 8.50. The van der Waals surface area contributed by atoms with Crippen molar-refractivity contribution < 1.29 is 4.74 Å². The fraction of sp³-hybridized carbons (Fsp3) is 0.0909. The van der Waals surface area contributed by atoms with Crippen molar-refractivity contribution >= 4 is 17.1 Å². The van der Waals surface area contributed by atoms with Gasteiger partial charge in [0.15, 0.2) is 0 Å². The summed E-state index contributed by atoms with van der Waals surface area (Å²) in [6.45, 7) is 6.30. The second-order valence-corrected chi connectivity index (χ2v) is 6.18. The molecular formula is C22H19N3O. The van der Waals surface area contributed by atoms with Gasteiger partial charge < -0.3 is 4.74 Å². The van der Waals surface area contributed by atoms with E-state index < -0.39 is 0 Å². The van der Waals surface area contributed by atoms with Gasteiger partial charge in [-0.05, 0) is 47.9 Å². The van der Waals surface area contributed by atoms with Crippen molar-refractivity contribution in [3.63, 3.8) is 0 Å². The lowest BCUT2D eigenvalue weighted by molar-refractivity contribution is 0.304. The van der Waals surface area contributed by atoms with Crippen molar-refractivity contribution in [2.45, 2.75) is 13.5 Å². The highest BCUT2D eigenvalue weighted by Gasteiger charge is 2.11. The normalized spacial score (nSPS) is 10.8. The topological polar surface area (TPSA) is 39.9 Å². The van der Waals surface area contributed by atoms with Gasteiger partial charge in [0.05, 0.1) is 0 Å². The van der Waals surface area contributed by atoms with Crippen molar-refractivity contribution in [3.8, 4) is 11.4 Å². The Hall–Kier alpha value is -3.40. The Morgan fingerprint density at radius 1 is 0.962 bits per heavy atom. The van der Waals surface area contributed by atoms with E-state index in [2.05, 4.69) is 16.8 Å². The molecule has 128 valence electrons. The number of aromatic nitrogens is 3. The molecule has 0 atom stereocenters. The number of fused-ring (bicyclic) bond motifs is 1. The Bertz CT molecular complexity index is 1030. The van der Waals surface area contributed by atoms with Crippen LogP contribution in [0.25, 0.3) is 22.8 Å². The van der Waals surface area contributed by atoms with Crippen molar-refractivity contribution in [1.29, 1.82) is 0 Å². The van der Waals surface area contributed by atoms with Gasteiger partial charge >= 0.3 is 0 Å². The third kappa shape index (κ3) is 3.22. The first-order valence-electron chi connectivity index (χ1n) is 8.50. The molecule has 0 radical (unpaired) electrons. The molecule has 0 aliphatic rings. The summed E-state index contributed by atoms with van der Waals surface area (Å²) in [5.74, 6) is 0.753. The lowest BCUT2D eigenvalue weighted by Gasteiger charge is -2.12. The van der Waals surface area contributed by atoms with Crippen molar-refractivity contribution in [1.82, 2.24) is 15.0 Å². The van der Waals surface area contributed by atoms with Crippen LogP contribution in [0.3, 0.4) is 0 Å². The third-order valence-electron chi connectivity index (χ3n) is 4.23. The molecule has 0 saturated heterocycles. The highest BCUT2D eigenvalue weighted by Crippen LogP contribution is 2.25. The maximum absolute atomic E-state index is 6.08. The molecule has 0 aliphatic heterocycles. The molecule has 1 aromatic heterocycles. The summed E-state index contributed by atoms with van der Waals surface area (Å²) >= 11 is 0. The molecule has 0 N–H and O–H groups in total. The van der Waals surface area contributed by atoms with Crippen LogP contribution in [0, 0.1) is 6.92 Å². The molecule has 0 unspecified atom stereocenters. The summed E-state index contributed by atoms with van der Waals surface area (Å²) in [4.78, 5) is 1.65. The number of benzene rings is 3. The highest BCUT2D eigenvalue weighted by atomic mass is 16.5. The van der Waals surface area contributed by atoms with E-state index in [-0.39, 0.29) is 0 Å². The smallest absolute Gasteiger partial charge is 0.147 e. The molecule has 0 fully saturated rings. The van der Waals surface area contributed by atoms with Crippen LogP contribution in [0.1, 0.15) is 16.7 Å². The summed E-state index contributed by atoms with van der Waals surface area (Å²) in [6.07, 6.45) is 1.83. The first kappa shape index (κ1) is 16.1. The maximum atomic E-state index is 6.08. The quantitative estimate of drug-likeness (QED) is 0.515. The van der Waals surface area contributed by atoms with Gasteiger partial charge in [-0.3, -0.25) is 0 Å². The molecule has 0 saturated carbocycles. The zero-order chi connectivity index (χ0) is 17.9. The van der Waals surface area contributed by atoms with Crippen LogP contribution in [0.5, 0.6) is 5.75 Å². The van der Waals surface area contributed by atoms with Gasteiger partial charge in [0.2, 0.25) is 0 Å². The minimum Gasteiger partial charge on any atom is -0.487 e. The molecular weight excluding hydrogens is 322 g/mol. The zero-order valence-corrected chi connectivity index (χ0v) is 14.6. The van der Waals surface area contributed by atoms with E-state index >= 15 is 0 Å². The second-order valence-electron chi connectivity index (χ2n) is 6.18. The molecule has 1 heterocycles. The van der Waals surface area contributed by atoms with Gasteiger partial charge in [-0.25, -0.2) is 0 Å². The summed E-state index contributed by atoms with van der Waals surface area (Å²) in [5, 5.41) is 9.15. The molecule has 3 aromatic carbocycles. The van der Waals surface area contributed by atoms with E-state index in [4.69, 9.17) is 4.74 Å². The van der Waals surface area contributed by atoms with Crippen LogP contribution in [0.2, 0.25) is 0 Å². The van der Waals surface area contributed by atoms with Gasteiger partial charge in [-0.2, -0.15) is 0 Å². The van der Waals surface area contributed by atoms with E-state index in [0.717, 1.165) is 39.2 Å². The molecule has 0 spiro atoms. The first-order chi connectivity index (χ1) is 12.7. The summed E-state index contributed by atoms with van der Waals surface area (Å²) < 4.78 is 6.08. The lowest BCUT2D eigenvalue weighted by Crippen LogP contribution is -2.04. The maximum Gasteiger partial charge on any atom is 0.147 e. The zero-order valence-electron chi connectivity index (χ0n) is 14.6. The molecule has 4 aromatic rings. The summed E-state index contributed by atoms with van der Waals surface area (Å²) in [6, 6.07) is 22.0. The average Bonchev–Trinajstić information content (AvgIpc) is 3.11. The number of nitrogens with zero attached hydrogens (tertiary/aromatic N) is 3. The predicted octanol–water partition coefficient (Wildman–Crippen LogP) is 4.95. The van der Waals surface area contributed by atoms with Crippen LogP contribution in [-0.4, -0.2) is 15.0 Å². The van der Waals surface area contributed by atoms with Crippen molar-refractivity contribution in [3.05, 3.63) is 90.0 Å². The van der Waals surface area contributed by atoms with Crippen LogP contribution in [-0.2, 0) is 6.61 Å². The fourth-order valence-electron chi connectivity index (χ4n) is 2.78. The number of aryl methyl sites for hydroxylation is 1. The van der Waals surface area contributed by atoms with E-state index in [1.807, 2.05) is 79.7 Å². The molecule has 0 amide bonds. The lowest BCUT2D eigenvalue weighted by atomic mass is 10.1. The van der Waals surface area contributed by atoms with E-state index in [9.17, 15) is 0 Å². The molecule has 0 aliphatic carbocycles. The van der Waals surface area contributed by atoms with Crippen molar-refractivity contribution in [2.75, 3.05) is 0 Å². The minimum absolute atomic E-state index is 0.480. The third-order valence-corrected chi connectivity index (χ3v) is 4.23. The van der Waals surface area contributed by atoms with Gasteiger partial charge in [0.25, 0.3) is 0 Å². The largest absolute Gasteiger partial charge is 0.487 e. The average molecular weight is 341 g/mol. The van der Waals surface area contributed by atoms with Crippen molar-refractivity contribution in [2.24, 2.45) is 0 Å². The molecule has 4 heteroatoms. The fourth-order valence-corrected chi connectivity index (χ4v) is 2.78. The number of ether oxygens (including phenoxy) is 1. The number of rotatable bonds is 5. The Morgan fingerprint density at radius 3 is 2.31 bits per heavy atom. The molecule has 4 nitrogen and oxygen atoms in total. The Balaban J connectivity index is 1.64. The monoisotopic (exact) mass is 341 g/mol. The molecule has 4 rings (SSSR count). The standard InChI is InChI=1S/C22H19N3O/c1-3-17-9-11-18(12-10-17)15-26-22-13-8-16(2)14-21(22)25-23-19-6-4-5-7-20(19)24-25/h3-14H,1,15H2,2H3. The minimum atomic E-state index is 0.480.